The first-order valence-electron chi connectivity index (χ1n) is 7.25. The predicted octanol–water partition coefficient (Wildman–Crippen LogP) is 1.67. The van der Waals surface area contributed by atoms with Gasteiger partial charge in [0.2, 0.25) is 0 Å². The van der Waals surface area contributed by atoms with Crippen molar-refractivity contribution in [3.8, 4) is 0 Å². The Labute approximate surface area is 124 Å². The van der Waals surface area contributed by atoms with Gasteiger partial charge in [-0.05, 0) is 24.0 Å². The van der Waals surface area contributed by atoms with Crippen molar-refractivity contribution in [1.29, 1.82) is 0 Å². The summed E-state index contributed by atoms with van der Waals surface area (Å²) in [4.78, 5) is 18.6. The number of nitrogens with zero attached hydrogens (tertiary/aromatic N) is 3. The van der Waals surface area contributed by atoms with Gasteiger partial charge < -0.3 is 15.2 Å². The Balaban J connectivity index is 1.83. The van der Waals surface area contributed by atoms with Crippen LogP contribution in [0.1, 0.15) is 30.0 Å². The summed E-state index contributed by atoms with van der Waals surface area (Å²) in [6.45, 7) is 1.17. The highest BCUT2D eigenvalue weighted by atomic mass is 16.1. The standard InChI is InChI=1S/C16H20N4O/c1-19(11-13-4-2-3-12(9-13)10-17)15-16(21)20(8-7-18-15)14-5-6-14/h2-4,7-9,14H,5-6,10-11,17H2,1H3. The normalized spacial score (nSPS) is 14.2. The van der Waals surface area contributed by atoms with Gasteiger partial charge in [-0.1, -0.05) is 24.3 Å². The average Bonchev–Trinajstić information content (AvgIpc) is 3.32. The maximum atomic E-state index is 12.4. The van der Waals surface area contributed by atoms with Gasteiger partial charge in [-0.15, -0.1) is 0 Å². The second-order valence-electron chi connectivity index (χ2n) is 5.57. The molecule has 0 bridgehead atoms. The molecule has 0 atom stereocenters. The summed E-state index contributed by atoms with van der Waals surface area (Å²) in [6, 6.07) is 8.47. The Bertz CT molecular complexity index is 691. The molecule has 1 saturated carbocycles. The van der Waals surface area contributed by atoms with Crippen LogP contribution in [0, 0.1) is 0 Å². The van der Waals surface area contributed by atoms with Crippen molar-refractivity contribution in [2.24, 2.45) is 5.73 Å². The second-order valence-corrected chi connectivity index (χ2v) is 5.57. The van der Waals surface area contributed by atoms with Crippen LogP contribution in [0.25, 0.3) is 0 Å². The first-order chi connectivity index (χ1) is 10.2. The van der Waals surface area contributed by atoms with Gasteiger partial charge in [0.1, 0.15) is 0 Å². The monoisotopic (exact) mass is 284 g/mol. The third-order valence-electron chi connectivity index (χ3n) is 3.80. The predicted molar refractivity (Wildman–Crippen MR) is 83.2 cm³/mol. The fourth-order valence-corrected chi connectivity index (χ4v) is 2.52. The van der Waals surface area contributed by atoms with Crippen molar-refractivity contribution in [1.82, 2.24) is 9.55 Å². The molecule has 0 radical (unpaired) electrons. The number of rotatable bonds is 5. The number of nitrogens with two attached hydrogens (primary N) is 1. The van der Waals surface area contributed by atoms with E-state index >= 15 is 0 Å². The minimum absolute atomic E-state index is 0.00233. The van der Waals surface area contributed by atoms with Crippen molar-refractivity contribution in [3.63, 3.8) is 0 Å². The van der Waals surface area contributed by atoms with Gasteiger partial charge in [0.05, 0.1) is 0 Å². The zero-order valence-corrected chi connectivity index (χ0v) is 12.2. The third kappa shape index (κ3) is 2.97. The zero-order chi connectivity index (χ0) is 14.8. The van der Waals surface area contributed by atoms with E-state index in [-0.39, 0.29) is 5.56 Å². The maximum absolute atomic E-state index is 12.4. The highest BCUT2D eigenvalue weighted by molar-refractivity contribution is 5.37. The number of aromatic nitrogens is 2. The zero-order valence-electron chi connectivity index (χ0n) is 12.2. The minimum Gasteiger partial charge on any atom is -0.351 e. The lowest BCUT2D eigenvalue weighted by atomic mass is 10.1. The summed E-state index contributed by atoms with van der Waals surface area (Å²) >= 11 is 0. The first-order valence-corrected chi connectivity index (χ1v) is 7.25. The molecule has 0 saturated heterocycles. The lowest BCUT2D eigenvalue weighted by Crippen LogP contribution is -2.30. The summed E-state index contributed by atoms with van der Waals surface area (Å²) in [5.41, 5.74) is 7.89. The van der Waals surface area contributed by atoms with Crippen LogP contribution < -0.4 is 16.2 Å². The second kappa shape index (κ2) is 5.69. The van der Waals surface area contributed by atoms with E-state index < -0.39 is 0 Å². The van der Waals surface area contributed by atoms with E-state index in [4.69, 9.17) is 5.73 Å². The molecule has 1 fully saturated rings. The van der Waals surface area contributed by atoms with Crippen molar-refractivity contribution in [2.45, 2.75) is 32.0 Å². The van der Waals surface area contributed by atoms with Crippen LogP contribution in [0.4, 0.5) is 5.82 Å². The van der Waals surface area contributed by atoms with Crippen molar-refractivity contribution in [2.75, 3.05) is 11.9 Å². The number of anilines is 1. The molecular formula is C16H20N4O. The maximum Gasteiger partial charge on any atom is 0.293 e. The highest BCUT2D eigenvalue weighted by Gasteiger charge is 2.25. The van der Waals surface area contributed by atoms with Gasteiger partial charge >= 0.3 is 0 Å². The Morgan fingerprint density at radius 1 is 1.38 bits per heavy atom. The van der Waals surface area contributed by atoms with E-state index in [2.05, 4.69) is 11.1 Å². The fourth-order valence-electron chi connectivity index (χ4n) is 2.52. The number of benzene rings is 1. The Kier molecular flexibility index (Phi) is 3.75. The molecule has 5 nitrogen and oxygen atoms in total. The molecule has 0 amide bonds. The lowest BCUT2D eigenvalue weighted by molar-refractivity contribution is 0.690. The molecule has 1 aromatic carbocycles. The van der Waals surface area contributed by atoms with Crippen LogP contribution in [0.2, 0.25) is 0 Å². The SMILES string of the molecule is CN(Cc1cccc(CN)c1)c1nccn(C2CC2)c1=O. The molecule has 1 aliphatic rings. The van der Waals surface area contributed by atoms with Crippen LogP contribution in [-0.4, -0.2) is 16.6 Å². The molecule has 0 unspecified atom stereocenters. The number of hydrogen-bond donors (Lipinski definition) is 1. The van der Waals surface area contributed by atoms with Gasteiger partial charge in [-0.3, -0.25) is 4.79 Å². The molecule has 3 rings (SSSR count). The fraction of sp³-hybridized carbons (Fsp3) is 0.375. The quantitative estimate of drug-likeness (QED) is 0.907. The average molecular weight is 284 g/mol. The van der Waals surface area contributed by atoms with Crippen LogP contribution in [-0.2, 0) is 13.1 Å². The van der Waals surface area contributed by atoms with Gasteiger partial charge in [-0.25, -0.2) is 4.98 Å². The molecule has 21 heavy (non-hydrogen) atoms. The molecule has 2 aromatic rings. The smallest absolute Gasteiger partial charge is 0.293 e. The molecule has 0 aliphatic heterocycles. The Morgan fingerprint density at radius 3 is 2.86 bits per heavy atom. The summed E-state index contributed by atoms with van der Waals surface area (Å²) < 4.78 is 1.80. The van der Waals surface area contributed by atoms with Gasteiger partial charge in [0.25, 0.3) is 5.56 Å². The molecule has 1 heterocycles. The molecule has 1 aliphatic carbocycles. The van der Waals surface area contributed by atoms with E-state index in [1.165, 1.54) is 0 Å². The van der Waals surface area contributed by atoms with E-state index in [0.717, 1.165) is 24.0 Å². The Morgan fingerprint density at radius 2 is 2.14 bits per heavy atom. The van der Waals surface area contributed by atoms with Crippen molar-refractivity contribution < 1.29 is 0 Å². The van der Waals surface area contributed by atoms with E-state index in [1.807, 2.05) is 30.1 Å². The van der Waals surface area contributed by atoms with E-state index in [9.17, 15) is 4.79 Å². The molecule has 5 heteroatoms. The summed E-state index contributed by atoms with van der Waals surface area (Å²) in [7, 11) is 1.90. The van der Waals surface area contributed by atoms with Gasteiger partial charge in [0.15, 0.2) is 5.82 Å². The van der Waals surface area contributed by atoms with Crippen molar-refractivity contribution in [3.05, 3.63) is 58.1 Å². The largest absolute Gasteiger partial charge is 0.351 e. The molecule has 2 N–H and O–H groups in total. The topological polar surface area (TPSA) is 64.2 Å². The number of hydrogen-bond acceptors (Lipinski definition) is 4. The molecular weight excluding hydrogens is 264 g/mol. The Hall–Kier alpha value is -2.14. The minimum atomic E-state index is -0.00233. The third-order valence-corrected chi connectivity index (χ3v) is 3.80. The van der Waals surface area contributed by atoms with Crippen LogP contribution in [0.3, 0.4) is 0 Å². The van der Waals surface area contributed by atoms with E-state index in [0.29, 0.717) is 24.9 Å². The summed E-state index contributed by atoms with van der Waals surface area (Å²) in [6.07, 6.45) is 5.67. The molecule has 0 spiro atoms. The lowest BCUT2D eigenvalue weighted by Gasteiger charge is -2.18. The molecule has 1 aromatic heterocycles. The van der Waals surface area contributed by atoms with Gasteiger partial charge in [0, 0.05) is 38.6 Å². The van der Waals surface area contributed by atoms with Crippen LogP contribution >= 0.6 is 0 Å². The summed E-state index contributed by atoms with van der Waals surface area (Å²) in [5.74, 6) is 0.502. The first kappa shape index (κ1) is 13.8. The highest BCUT2D eigenvalue weighted by Crippen LogP contribution is 2.33. The van der Waals surface area contributed by atoms with E-state index in [1.54, 1.807) is 17.0 Å². The van der Waals surface area contributed by atoms with Crippen LogP contribution in [0.15, 0.2) is 41.5 Å². The van der Waals surface area contributed by atoms with Crippen molar-refractivity contribution >= 4 is 5.82 Å². The van der Waals surface area contributed by atoms with Crippen LogP contribution in [0.5, 0.6) is 0 Å². The molecule has 110 valence electrons. The summed E-state index contributed by atoms with van der Waals surface area (Å²) in [5, 5.41) is 0. The van der Waals surface area contributed by atoms with Gasteiger partial charge in [-0.2, -0.15) is 0 Å².